The molecule has 0 saturated heterocycles. The fourth-order valence-corrected chi connectivity index (χ4v) is 4.37. The normalized spacial score (nSPS) is 15.9. The Balaban J connectivity index is 1.55. The number of nitrogens with zero attached hydrogens (tertiary/aromatic N) is 5. The average Bonchev–Trinajstić information content (AvgIpc) is 3.42. The minimum Gasteiger partial charge on any atom is -0.304 e. The second-order valence-electron chi connectivity index (χ2n) is 8.26. The van der Waals surface area contributed by atoms with Crippen molar-refractivity contribution in [3.05, 3.63) is 60.2 Å². The summed E-state index contributed by atoms with van der Waals surface area (Å²) in [6, 6.07) is 5.35. The minimum atomic E-state index is -1.20. The van der Waals surface area contributed by atoms with Gasteiger partial charge in [-0.1, -0.05) is 12.8 Å². The van der Waals surface area contributed by atoms with E-state index in [1.165, 1.54) is 12.3 Å². The van der Waals surface area contributed by atoms with Crippen molar-refractivity contribution in [1.29, 1.82) is 0 Å². The van der Waals surface area contributed by atoms with Gasteiger partial charge < -0.3 is 4.40 Å². The highest BCUT2D eigenvalue weighted by Crippen LogP contribution is 2.36. The molecule has 5 nitrogen and oxygen atoms in total. The van der Waals surface area contributed by atoms with Crippen LogP contribution >= 0.6 is 0 Å². The number of hydrogen-bond acceptors (Lipinski definition) is 3. The molecule has 30 heavy (non-hydrogen) atoms. The van der Waals surface area contributed by atoms with Crippen LogP contribution in [-0.2, 0) is 6.54 Å². The predicted molar refractivity (Wildman–Crippen MR) is 111 cm³/mol. The topological polar surface area (TPSA) is 48.0 Å². The molecular weight excluding hydrogens is 384 g/mol. The molecule has 0 radical (unpaired) electrons. The first kappa shape index (κ1) is 18.9. The van der Waals surface area contributed by atoms with Crippen molar-refractivity contribution in [2.45, 2.75) is 51.7 Å². The molecule has 154 valence electrons. The summed E-state index contributed by atoms with van der Waals surface area (Å²) in [5.74, 6) is -0.423. The molecule has 0 N–H and O–H groups in total. The first-order valence-corrected chi connectivity index (χ1v) is 10.2. The van der Waals surface area contributed by atoms with E-state index in [9.17, 15) is 8.78 Å². The quantitative estimate of drug-likeness (QED) is 0.461. The third-order valence-electron chi connectivity index (χ3n) is 6.12. The number of hydrogen-bond donors (Lipinski definition) is 0. The van der Waals surface area contributed by atoms with Gasteiger partial charge in [-0.05, 0) is 44.9 Å². The van der Waals surface area contributed by atoms with Crippen molar-refractivity contribution in [3.8, 4) is 22.4 Å². The zero-order chi connectivity index (χ0) is 20.9. The number of fused-ring (bicyclic) bond motifs is 1. The van der Waals surface area contributed by atoms with Gasteiger partial charge in [0.25, 0.3) is 0 Å². The SMILES string of the molecule is Cc1nc2cc(-c3ncc(F)cc3-c3cnn(CC4(F)CCCC4)c3)ccn2c1C. The Morgan fingerprint density at radius 2 is 1.90 bits per heavy atom. The molecule has 0 spiro atoms. The fourth-order valence-electron chi connectivity index (χ4n) is 4.37. The van der Waals surface area contributed by atoms with Gasteiger partial charge in [-0.15, -0.1) is 0 Å². The van der Waals surface area contributed by atoms with E-state index in [2.05, 4.69) is 15.1 Å². The zero-order valence-electron chi connectivity index (χ0n) is 17.1. The number of aromatic nitrogens is 5. The van der Waals surface area contributed by atoms with Crippen LogP contribution in [0, 0.1) is 19.7 Å². The number of alkyl halides is 1. The molecule has 1 saturated carbocycles. The molecule has 4 heterocycles. The Bertz CT molecular complexity index is 1230. The van der Waals surface area contributed by atoms with E-state index in [1.54, 1.807) is 17.1 Å². The molecule has 0 aliphatic heterocycles. The summed E-state index contributed by atoms with van der Waals surface area (Å²) < 4.78 is 32.6. The minimum absolute atomic E-state index is 0.226. The maximum absolute atomic E-state index is 14.9. The third kappa shape index (κ3) is 3.28. The maximum Gasteiger partial charge on any atom is 0.142 e. The lowest BCUT2D eigenvalue weighted by atomic mass is 10.0. The predicted octanol–water partition coefficient (Wildman–Crippen LogP) is 5.30. The highest BCUT2D eigenvalue weighted by atomic mass is 19.1. The smallest absolute Gasteiger partial charge is 0.142 e. The van der Waals surface area contributed by atoms with Crippen molar-refractivity contribution in [2.24, 2.45) is 0 Å². The van der Waals surface area contributed by atoms with Gasteiger partial charge >= 0.3 is 0 Å². The summed E-state index contributed by atoms with van der Waals surface area (Å²) in [4.78, 5) is 8.95. The average molecular weight is 407 g/mol. The number of rotatable bonds is 4. The van der Waals surface area contributed by atoms with E-state index < -0.39 is 11.5 Å². The molecule has 7 heteroatoms. The van der Waals surface area contributed by atoms with Crippen LogP contribution in [0.25, 0.3) is 28.0 Å². The van der Waals surface area contributed by atoms with Gasteiger partial charge in [-0.25, -0.2) is 13.8 Å². The lowest BCUT2D eigenvalue weighted by Crippen LogP contribution is -2.25. The first-order chi connectivity index (χ1) is 14.4. The summed E-state index contributed by atoms with van der Waals surface area (Å²) in [7, 11) is 0. The zero-order valence-corrected chi connectivity index (χ0v) is 17.1. The largest absolute Gasteiger partial charge is 0.304 e. The Kier molecular flexibility index (Phi) is 4.41. The van der Waals surface area contributed by atoms with Crippen LogP contribution in [0.4, 0.5) is 8.78 Å². The molecule has 4 aromatic heterocycles. The number of imidazole rings is 1. The van der Waals surface area contributed by atoms with Gasteiger partial charge in [0.15, 0.2) is 0 Å². The van der Waals surface area contributed by atoms with Crippen LogP contribution in [0.2, 0.25) is 0 Å². The van der Waals surface area contributed by atoms with Gasteiger partial charge in [-0.2, -0.15) is 5.10 Å². The monoisotopic (exact) mass is 407 g/mol. The molecule has 0 amide bonds. The van der Waals surface area contributed by atoms with Crippen molar-refractivity contribution in [1.82, 2.24) is 24.1 Å². The third-order valence-corrected chi connectivity index (χ3v) is 6.12. The molecule has 1 fully saturated rings. The number of aryl methyl sites for hydroxylation is 2. The Morgan fingerprint density at radius 3 is 2.70 bits per heavy atom. The van der Waals surface area contributed by atoms with Gasteiger partial charge in [0.05, 0.1) is 30.3 Å². The van der Waals surface area contributed by atoms with Gasteiger partial charge in [0, 0.05) is 34.8 Å². The van der Waals surface area contributed by atoms with E-state index in [1.807, 2.05) is 36.6 Å². The molecule has 5 rings (SSSR count). The van der Waals surface area contributed by atoms with Crippen molar-refractivity contribution in [2.75, 3.05) is 0 Å². The lowest BCUT2D eigenvalue weighted by Gasteiger charge is -2.18. The molecule has 4 aromatic rings. The Labute approximate surface area is 173 Å². The van der Waals surface area contributed by atoms with Gasteiger partial charge in [-0.3, -0.25) is 9.67 Å². The molecule has 1 aliphatic rings. The highest BCUT2D eigenvalue weighted by Gasteiger charge is 2.34. The molecule has 0 aromatic carbocycles. The molecule has 0 bridgehead atoms. The fraction of sp³-hybridized carbons (Fsp3) is 0.348. The van der Waals surface area contributed by atoms with Crippen molar-refractivity contribution in [3.63, 3.8) is 0 Å². The molecule has 0 atom stereocenters. The van der Waals surface area contributed by atoms with Crippen LogP contribution in [0.5, 0.6) is 0 Å². The molecule has 1 aliphatic carbocycles. The standard InChI is InChI=1S/C23H23F2N5/c1-15-16(2)30-8-5-17(9-21(30)28-15)22-20(10-19(24)12-26-22)18-11-27-29(13-18)14-23(25)6-3-4-7-23/h5,8-13H,3-4,6-7,14H2,1-2H3. The van der Waals surface area contributed by atoms with Crippen LogP contribution in [0.1, 0.15) is 37.1 Å². The maximum atomic E-state index is 14.9. The van der Waals surface area contributed by atoms with E-state index in [0.29, 0.717) is 29.7 Å². The van der Waals surface area contributed by atoms with Gasteiger partial charge in [0.1, 0.15) is 17.1 Å². The second kappa shape index (κ2) is 7.00. The molecular formula is C23H23F2N5. The van der Waals surface area contributed by atoms with E-state index in [-0.39, 0.29) is 6.54 Å². The number of pyridine rings is 2. The summed E-state index contributed by atoms with van der Waals surface area (Å²) in [6.45, 7) is 4.22. The van der Waals surface area contributed by atoms with Crippen LogP contribution < -0.4 is 0 Å². The summed E-state index contributed by atoms with van der Waals surface area (Å²) in [6.07, 6.45) is 9.56. The van der Waals surface area contributed by atoms with E-state index in [4.69, 9.17) is 0 Å². The van der Waals surface area contributed by atoms with Gasteiger partial charge in [0.2, 0.25) is 0 Å². The van der Waals surface area contributed by atoms with E-state index in [0.717, 1.165) is 35.4 Å². The Morgan fingerprint density at radius 1 is 1.10 bits per heavy atom. The Hall–Kier alpha value is -3.09. The van der Waals surface area contributed by atoms with Crippen LogP contribution in [-0.4, -0.2) is 29.8 Å². The second-order valence-corrected chi connectivity index (χ2v) is 8.26. The first-order valence-electron chi connectivity index (χ1n) is 10.2. The van der Waals surface area contributed by atoms with E-state index >= 15 is 0 Å². The van der Waals surface area contributed by atoms with Crippen molar-refractivity contribution < 1.29 is 8.78 Å². The highest BCUT2D eigenvalue weighted by molar-refractivity contribution is 5.81. The summed E-state index contributed by atoms with van der Waals surface area (Å²) >= 11 is 0. The van der Waals surface area contributed by atoms with Crippen molar-refractivity contribution >= 4 is 5.65 Å². The van der Waals surface area contributed by atoms with Crippen LogP contribution in [0.15, 0.2) is 43.0 Å². The lowest BCUT2D eigenvalue weighted by molar-refractivity contribution is 0.139. The summed E-state index contributed by atoms with van der Waals surface area (Å²) in [5, 5.41) is 4.34. The number of halogens is 2. The summed E-state index contributed by atoms with van der Waals surface area (Å²) in [5.41, 5.74) is 4.49. The molecule has 0 unspecified atom stereocenters. The van der Waals surface area contributed by atoms with Crippen LogP contribution in [0.3, 0.4) is 0 Å².